The van der Waals surface area contributed by atoms with Crippen molar-refractivity contribution in [3.63, 3.8) is 0 Å². The number of rotatable bonds is 2. The molecule has 0 aliphatic carbocycles. The van der Waals surface area contributed by atoms with Crippen LogP contribution in [0.25, 0.3) is 10.8 Å². The average molecular weight is 304 g/mol. The van der Waals surface area contributed by atoms with Gasteiger partial charge in [0.1, 0.15) is 11.4 Å². The first kappa shape index (κ1) is 15.2. The Hall–Kier alpha value is -2.68. The molecule has 0 saturated heterocycles. The van der Waals surface area contributed by atoms with Crippen molar-refractivity contribution >= 4 is 22.1 Å². The fourth-order valence-electron chi connectivity index (χ4n) is 2.96. The first-order valence-electron chi connectivity index (χ1n) is 7.67. The van der Waals surface area contributed by atoms with Gasteiger partial charge >= 0.3 is 0 Å². The Balaban J connectivity index is 2.13. The third-order valence-corrected chi connectivity index (χ3v) is 4.01. The van der Waals surface area contributed by atoms with Gasteiger partial charge in [0.05, 0.1) is 5.69 Å². The fraction of sp³-hybridized carbons (Fsp3) is 0.200. The summed E-state index contributed by atoms with van der Waals surface area (Å²) in [7, 11) is 0. The lowest BCUT2D eigenvalue weighted by Gasteiger charge is -2.07. The molecule has 0 fully saturated rings. The lowest BCUT2D eigenvalue weighted by molar-refractivity contribution is 0.477. The normalized spacial score (nSPS) is 11.5. The van der Waals surface area contributed by atoms with Crippen LogP contribution in [0, 0.1) is 27.7 Å². The number of azo groups is 1. The van der Waals surface area contributed by atoms with Gasteiger partial charge < -0.3 is 5.11 Å². The minimum Gasteiger partial charge on any atom is -0.506 e. The van der Waals surface area contributed by atoms with Gasteiger partial charge in [-0.25, -0.2) is 0 Å². The van der Waals surface area contributed by atoms with Gasteiger partial charge in [-0.1, -0.05) is 47.5 Å². The summed E-state index contributed by atoms with van der Waals surface area (Å²) in [4.78, 5) is 0. The minimum absolute atomic E-state index is 0.146. The molecule has 0 aliphatic rings. The quantitative estimate of drug-likeness (QED) is 0.563. The van der Waals surface area contributed by atoms with E-state index in [1.54, 1.807) is 6.07 Å². The molecule has 3 aromatic carbocycles. The summed E-state index contributed by atoms with van der Waals surface area (Å²) in [5, 5.41) is 20.9. The van der Waals surface area contributed by atoms with E-state index in [0.29, 0.717) is 5.69 Å². The predicted octanol–water partition coefficient (Wildman–Crippen LogP) is 6.19. The van der Waals surface area contributed by atoms with Crippen molar-refractivity contribution in [2.45, 2.75) is 27.7 Å². The molecule has 0 amide bonds. The van der Waals surface area contributed by atoms with Crippen LogP contribution in [0.2, 0.25) is 0 Å². The number of fused-ring (bicyclic) bond motifs is 1. The monoisotopic (exact) mass is 304 g/mol. The maximum absolute atomic E-state index is 10.2. The highest BCUT2D eigenvalue weighted by Gasteiger charge is 2.08. The van der Waals surface area contributed by atoms with Crippen molar-refractivity contribution in [2.75, 3.05) is 0 Å². The summed E-state index contributed by atoms with van der Waals surface area (Å²) in [6.45, 7) is 8.17. The minimum atomic E-state index is 0.146. The molecule has 0 radical (unpaired) electrons. The van der Waals surface area contributed by atoms with Crippen molar-refractivity contribution in [1.29, 1.82) is 0 Å². The molecule has 3 aromatic rings. The van der Waals surface area contributed by atoms with Crippen LogP contribution < -0.4 is 0 Å². The summed E-state index contributed by atoms with van der Waals surface area (Å²) in [6, 6.07) is 13.8. The maximum Gasteiger partial charge on any atom is 0.143 e. The molecule has 0 aromatic heterocycles. The average Bonchev–Trinajstić information content (AvgIpc) is 2.48. The number of aryl methyl sites for hydroxylation is 4. The summed E-state index contributed by atoms with van der Waals surface area (Å²) < 4.78 is 0. The third-order valence-electron chi connectivity index (χ3n) is 4.01. The van der Waals surface area contributed by atoms with Crippen molar-refractivity contribution in [2.24, 2.45) is 10.2 Å². The van der Waals surface area contributed by atoms with E-state index in [9.17, 15) is 5.11 Å². The van der Waals surface area contributed by atoms with Crippen molar-refractivity contribution in [1.82, 2.24) is 0 Å². The van der Waals surface area contributed by atoms with Gasteiger partial charge in [0.2, 0.25) is 0 Å². The highest BCUT2D eigenvalue weighted by molar-refractivity contribution is 5.95. The Labute approximate surface area is 136 Å². The zero-order valence-electron chi connectivity index (χ0n) is 13.9. The van der Waals surface area contributed by atoms with Crippen molar-refractivity contribution < 1.29 is 5.11 Å². The van der Waals surface area contributed by atoms with Crippen LogP contribution in [0.15, 0.2) is 52.7 Å². The number of phenolic OH excluding ortho intramolecular Hbond substituents is 1. The van der Waals surface area contributed by atoms with Gasteiger partial charge in [0.15, 0.2) is 0 Å². The van der Waals surface area contributed by atoms with Crippen LogP contribution in [0.4, 0.5) is 11.4 Å². The zero-order valence-corrected chi connectivity index (χ0v) is 13.9. The third kappa shape index (κ3) is 2.95. The number of benzene rings is 3. The number of hydrogen-bond acceptors (Lipinski definition) is 3. The highest BCUT2D eigenvalue weighted by atomic mass is 16.3. The van der Waals surface area contributed by atoms with Crippen LogP contribution in [0.5, 0.6) is 5.75 Å². The fourth-order valence-corrected chi connectivity index (χ4v) is 2.96. The van der Waals surface area contributed by atoms with Gasteiger partial charge in [0.25, 0.3) is 0 Å². The van der Waals surface area contributed by atoms with E-state index in [4.69, 9.17) is 0 Å². The van der Waals surface area contributed by atoms with E-state index in [1.807, 2.05) is 39.0 Å². The van der Waals surface area contributed by atoms with Crippen LogP contribution >= 0.6 is 0 Å². The standard InChI is InChI=1S/C20H20N2O/c1-12-5-7-17-16(11-12)6-8-18(23)20(17)22-21-19-14(3)9-13(2)10-15(19)4/h5-11,23H,1-4H3/b22-21+. The molecule has 0 saturated carbocycles. The Morgan fingerprint density at radius 3 is 2.04 bits per heavy atom. The first-order chi connectivity index (χ1) is 11.0. The zero-order chi connectivity index (χ0) is 16.6. The Morgan fingerprint density at radius 1 is 0.696 bits per heavy atom. The summed E-state index contributed by atoms with van der Waals surface area (Å²) in [5.41, 5.74) is 5.93. The molecule has 3 nitrogen and oxygen atoms in total. The SMILES string of the molecule is Cc1cc(C)c(/N=N/c2c(O)ccc3cc(C)ccc23)c(C)c1. The molecule has 0 spiro atoms. The molecule has 116 valence electrons. The Morgan fingerprint density at radius 2 is 1.35 bits per heavy atom. The topological polar surface area (TPSA) is 45.0 Å². The number of hydrogen-bond donors (Lipinski definition) is 1. The van der Waals surface area contributed by atoms with Gasteiger partial charge in [-0.2, -0.15) is 0 Å². The largest absolute Gasteiger partial charge is 0.506 e. The first-order valence-corrected chi connectivity index (χ1v) is 7.67. The molecule has 3 heteroatoms. The Bertz CT molecular complexity index is 903. The predicted molar refractivity (Wildman–Crippen MR) is 95.2 cm³/mol. The van der Waals surface area contributed by atoms with Crippen molar-refractivity contribution in [3.8, 4) is 5.75 Å². The van der Waals surface area contributed by atoms with E-state index in [2.05, 4.69) is 35.4 Å². The smallest absolute Gasteiger partial charge is 0.143 e. The molecule has 0 unspecified atom stereocenters. The van der Waals surface area contributed by atoms with E-state index >= 15 is 0 Å². The number of aromatic hydroxyl groups is 1. The second kappa shape index (κ2) is 5.84. The van der Waals surface area contributed by atoms with Crippen LogP contribution in [-0.2, 0) is 0 Å². The van der Waals surface area contributed by atoms with E-state index in [0.717, 1.165) is 27.6 Å². The van der Waals surface area contributed by atoms with Gasteiger partial charge in [-0.15, -0.1) is 10.2 Å². The van der Waals surface area contributed by atoms with Crippen LogP contribution in [0.3, 0.4) is 0 Å². The molecule has 3 rings (SSSR count). The second-order valence-corrected chi connectivity index (χ2v) is 6.11. The molecule has 1 N–H and O–H groups in total. The van der Waals surface area contributed by atoms with Gasteiger partial charge in [0, 0.05) is 5.39 Å². The lowest BCUT2D eigenvalue weighted by Crippen LogP contribution is -1.83. The van der Waals surface area contributed by atoms with Crippen LogP contribution in [0.1, 0.15) is 22.3 Å². The summed E-state index contributed by atoms with van der Waals surface area (Å²) in [5.74, 6) is 0.146. The molecule has 0 aliphatic heterocycles. The highest BCUT2D eigenvalue weighted by Crippen LogP contribution is 2.37. The van der Waals surface area contributed by atoms with E-state index < -0.39 is 0 Å². The van der Waals surface area contributed by atoms with E-state index in [-0.39, 0.29) is 5.75 Å². The lowest BCUT2D eigenvalue weighted by atomic mass is 10.1. The number of nitrogens with zero attached hydrogens (tertiary/aromatic N) is 2. The Kier molecular flexibility index (Phi) is 3.87. The molecule has 0 atom stereocenters. The molecular weight excluding hydrogens is 284 g/mol. The second-order valence-electron chi connectivity index (χ2n) is 6.11. The molecule has 0 heterocycles. The van der Waals surface area contributed by atoms with Gasteiger partial charge in [-0.3, -0.25) is 0 Å². The van der Waals surface area contributed by atoms with Crippen LogP contribution in [-0.4, -0.2) is 5.11 Å². The molecular formula is C20H20N2O. The summed E-state index contributed by atoms with van der Waals surface area (Å²) >= 11 is 0. The van der Waals surface area contributed by atoms with Gasteiger partial charge in [-0.05, 0) is 50.3 Å². The molecule has 23 heavy (non-hydrogen) atoms. The maximum atomic E-state index is 10.2. The number of phenols is 1. The summed E-state index contributed by atoms with van der Waals surface area (Å²) in [6.07, 6.45) is 0. The molecule has 0 bridgehead atoms. The van der Waals surface area contributed by atoms with Crippen molar-refractivity contribution in [3.05, 3.63) is 64.7 Å². The van der Waals surface area contributed by atoms with E-state index in [1.165, 1.54) is 11.1 Å².